The Morgan fingerprint density at radius 1 is 1.45 bits per heavy atom. The third kappa shape index (κ3) is 3.07. The van der Waals surface area contributed by atoms with Crippen molar-refractivity contribution < 1.29 is 0 Å². The van der Waals surface area contributed by atoms with E-state index in [4.69, 9.17) is 4.98 Å². The molecule has 0 amide bonds. The van der Waals surface area contributed by atoms with Crippen molar-refractivity contribution in [2.75, 3.05) is 13.1 Å². The van der Waals surface area contributed by atoms with Gasteiger partial charge in [-0.25, -0.2) is 9.97 Å². The average molecular weight is 287 g/mol. The minimum atomic E-state index is 0.741. The molecular weight excluding hydrogens is 266 g/mol. The molecule has 0 saturated carbocycles. The van der Waals surface area contributed by atoms with Crippen molar-refractivity contribution in [2.24, 2.45) is 5.92 Å². The van der Waals surface area contributed by atoms with Crippen molar-refractivity contribution in [3.63, 3.8) is 0 Å². The summed E-state index contributed by atoms with van der Waals surface area (Å²) in [5.74, 6) is 1.63. The quantitative estimate of drug-likeness (QED) is 0.857. The van der Waals surface area contributed by atoms with Gasteiger partial charge in [0.1, 0.15) is 0 Å². The minimum absolute atomic E-state index is 0.741. The fourth-order valence-electron chi connectivity index (χ4n) is 2.76. The van der Waals surface area contributed by atoms with Crippen LogP contribution in [0.3, 0.4) is 0 Å². The van der Waals surface area contributed by atoms with E-state index < -0.39 is 0 Å². The van der Waals surface area contributed by atoms with Crippen LogP contribution >= 0.6 is 11.3 Å². The first-order chi connectivity index (χ1) is 9.86. The maximum Gasteiger partial charge on any atom is 0.169 e. The third-order valence-corrected chi connectivity index (χ3v) is 4.72. The molecule has 1 atom stereocenters. The third-order valence-electron chi connectivity index (χ3n) is 3.85. The van der Waals surface area contributed by atoms with Crippen LogP contribution in [0.25, 0.3) is 10.7 Å². The van der Waals surface area contributed by atoms with Crippen LogP contribution in [0.1, 0.15) is 31.0 Å². The second kappa shape index (κ2) is 6.46. The van der Waals surface area contributed by atoms with Gasteiger partial charge >= 0.3 is 0 Å². The van der Waals surface area contributed by atoms with Gasteiger partial charge in [0.2, 0.25) is 0 Å². The lowest BCUT2D eigenvalue weighted by Crippen LogP contribution is -2.28. The predicted octanol–water partition coefficient (Wildman–Crippen LogP) is 3.31. The van der Waals surface area contributed by atoms with Gasteiger partial charge in [-0.1, -0.05) is 13.0 Å². The van der Waals surface area contributed by atoms with Crippen LogP contribution in [0, 0.1) is 5.92 Å². The lowest BCUT2D eigenvalue weighted by molar-refractivity contribution is 0.420. The van der Waals surface area contributed by atoms with Gasteiger partial charge in [-0.2, -0.15) is 0 Å². The van der Waals surface area contributed by atoms with E-state index in [1.54, 1.807) is 11.3 Å². The van der Waals surface area contributed by atoms with Crippen molar-refractivity contribution >= 4 is 11.3 Å². The Morgan fingerprint density at radius 3 is 3.20 bits per heavy atom. The van der Waals surface area contributed by atoms with E-state index in [1.165, 1.54) is 29.0 Å². The molecule has 0 fully saturated rings. The maximum atomic E-state index is 4.77. The Morgan fingerprint density at radius 2 is 2.40 bits per heavy atom. The van der Waals surface area contributed by atoms with Crippen LogP contribution in [0.2, 0.25) is 0 Å². The first-order valence-electron chi connectivity index (χ1n) is 7.46. The van der Waals surface area contributed by atoms with Gasteiger partial charge in [0, 0.05) is 11.9 Å². The molecule has 2 heterocycles. The molecule has 2 aromatic heterocycles. The molecule has 4 heteroatoms. The molecule has 0 bridgehead atoms. The van der Waals surface area contributed by atoms with Crippen molar-refractivity contribution in [3.8, 4) is 10.7 Å². The summed E-state index contributed by atoms with van der Waals surface area (Å²) in [6.45, 7) is 4.46. The summed E-state index contributed by atoms with van der Waals surface area (Å²) >= 11 is 1.71. The zero-order valence-corrected chi connectivity index (χ0v) is 12.7. The highest BCUT2D eigenvalue weighted by molar-refractivity contribution is 7.13. The highest BCUT2D eigenvalue weighted by Gasteiger charge is 2.20. The van der Waals surface area contributed by atoms with Crippen molar-refractivity contribution in [2.45, 2.75) is 32.6 Å². The smallest absolute Gasteiger partial charge is 0.169 e. The second-order valence-electron chi connectivity index (χ2n) is 5.46. The van der Waals surface area contributed by atoms with E-state index >= 15 is 0 Å². The standard InChI is InChI=1S/C16H21N3S/c1-2-7-17-10-12-5-6-14-13(9-12)11-18-16(19-14)15-4-3-8-20-15/h3-4,8,11-12,17H,2,5-7,9-10H2,1H3. The van der Waals surface area contributed by atoms with E-state index in [2.05, 4.69) is 34.7 Å². The molecule has 0 aromatic carbocycles. The summed E-state index contributed by atoms with van der Waals surface area (Å²) in [5.41, 5.74) is 2.61. The SMILES string of the molecule is CCCNCC1CCc2nc(-c3cccs3)ncc2C1. The molecule has 0 saturated heterocycles. The molecule has 1 aliphatic rings. The topological polar surface area (TPSA) is 37.8 Å². The van der Waals surface area contributed by atoms with Gasteiger partial charge in [0.25, 0.3) is 0 Å². The summed E-state index contributed by atoms with van der Waals surface area (Å²) in [6, 6.07) is 4.14. The van der Waals surface area contributed by atoms with E-state index in [0.717, 1.165) is 37.7 Å². The van der Waals surface area contributed by atoms with Crippen molar-refractivity contribution in [1.29, 1.82) is 0 Å². The molecule has 2 aromatic rings. The fraction of sp³-hybridized carbons (Fsp3) is 0.500. The normalized spacial score (nSPS) is 17.9. The van der Waals surface area contributed by atoms with Gasteiger partial charge < -0.3 is 5.32 Å². The Kier molecular flexibility index (Phi) is 4.43. The first kappa shape index (κ1) is 13.7. The number of thiophene rings is 1. The van der Waals surface area contributed by atoms with Crippen LogP contribution in [0.4, 0.5) is 0 Å². The van der Waals surface area contributed by atoms with Gasteiger partial charge in [-0.3, -0.25) is 0 Å². The van der Waals surface area contributed by atoms with Crippen LogP contribution in [0.15, 0.2) is 23.7 Å². The number of hydrogen-bond acceptors (Lipinski definition) is 4. The van der Waals surface area contributed by atoms with E-state index in [1.807, 2.05) is 6.20 Å². The van der Waals surface area contributed by atoms with Gasteiger partial charge in [0.05, 0.1) is 4.88 Å². The molecular formula is C16H21N3S. The molecule has 0 radical (unpaired) electrons. The molecule has 1 aliphatic carbocycles. The first-order valence-corrected chi connectivity index (χ1v) is 8.34. The highest BCUT2D eigenvalue weighted by Crippen LogP contribution is 2.27. The number of rotatable bonds is 5. The number of aryl methyl sites for hydroxylation is 1. The summed E-state index contributed by atoms with van der Waals surface area (Å²) in [5, 5.41) is 5.61. The lowest BCUT2D eigenvalue weighted by Gasteiger charge is -2.24. The summed E-state index contributed by atoms with van der Waals surface area (Å²) < 4.78 is 0. The molecule has 20 heavy (non-hydrogen) atoms. The summed E-state index contributed by atoms with van der Waals surface area (Å²) in [7, 11) is 0. The van der Waals surface area contributed by atoms with Crippen LogP contribution in [0.5, 0.6) is 0 Å². The van der Waals surface area contributed by atoms with Crippen molar-refractivity contribution in [1.82, 2.24) is 15.3 Å². The van der Waals surface area contributed by atoms with E-state index in [0.29, 0.717) is 0 Å². The van der Waals surface area contributed by atoms with E-state index in [9.17, 15) is 0 Å². The zero-order chi connectivity index (χ0) is 13.8. The molecule has 0 spiro atoms. The number of aromatic nitrogens is 2. The van der Waals surface area contributed by atoms with Crippen molar-refractivity contribution in [3.05, 3.63) is 35.0 Å². The Labute approximate surface area is 124 Å². The number of nitrogens with zero attached hydrogens (tertiary/aromatic N) is 2. The Balaban J connectivity index is 1.69. The molecule has 3 rings (SSSR count). The van der Waals surface area contributed by atoms with Crippen LogP contribution in [-0.4, -0.2) is 23.1 Å². The minimum Gasteiger partial charge on any atom is -0.316 e. The fourth-order valence-corrected chi connectivity index (χ4v) is 3.43. The van der Waals surface area contributed by atoms with Crippen LogP contribution < -0.4 is 5.32 Å². The van der Waals surface area contributed by atoms with E-state index in [-0.39, 0.29) is 0 Å². The van der Waals surface area contributed by atoms with Crippen LogP contribution in [-0.2, 0) is 12.8 Å². The monoisotopic (exact) mass is 287 g/mol. The number of nitrogens with one attached hydrogen (secondary N) is 1. The largest absolute Gasteiger partial charge is 0.316 e. The summed E-state index contributed by atoms with van der Waals surface area (Å²) in [6.07, 6.45) is 6.70. The molecule has 0 aliphatic heterocycles. The van der Waals surface area contributed by atoms with Gasteiger partial charge in [0.15, 0.2) is 5.82 Å². The van der Waals surface area contributed by atoms with Gasteiger partial charge in [-0.15, -0.1) is 11.3 Å². The summed E-state index contributed by atoms with van der Waals surface area (Å²) in [4.78, 5) is 10.5. The lowest BCUT2D eigenvalue weighted by atomic mass is 9.87. The Hall–Kier alpha value is -1.26. The zero-order valence-electron chi connectivity index (χ0n) is 11.9. The number of fused-ring (bicyclic) bond motifs is 1. The van der Waals surface area contributed by atoms with Gasteiger partial charge in [-0.05, 0) is 61.7 Å². The highest BCUT2D eigenvalue weighted by atomic mass is 32.1. The average Bonchev–Trinajstić information content (AvgIpc) is 3.01. The second-order valence-corrected chi connectivity index (χ2v) is 6.40. The maximum absolute atomic E-state index is 4.77. The molecule has 3 nitrogen and oxygen atoms in total. The molecule has 1 unspecified atom stereocenters. The number of hydrogen-bond donors (Lipinski definition) is 1. The Bertz CT molecular complexity index is 551. The predicted molar refractivity (Wildman–Crippen MR) is 84.0 cm³/mol. The molecule has 1 N–H and O–H groups in total. The molecule has 106 valence electrons.